The van der Waals surface area contributed by atoms with Gasteiger partial charge in [0.15, 0.2) is 0 Å². The quantitative estimate of drug-likeness (QED) is 0.712. The number of benzene rings is 1. The maximum atomic E-state index is 9.36. The Morgan fingerprint density at radius 1 is 1.50 bits per heavy atom. The first kappa shape index (κ1) is 8.87. The van der Waals surface area contributed by atoms with Gasteiger partial charge in [0.2, 0.25) is 0 Å². The molecule has 0 saturated carbocycles. The maximum Gasteiger partial charge on any atom is 0.123 e. The molecule has 0 aliphatic rings. The van der Waals surface area contributed by atoms with E-state index in [0.717, 1.165) is 5.56 Å². The van der Waals surface area contributed by atoms with E-state index in [4.69, 9.17) is 10.5 Å². The highest BCUT2D eigenvalue weighted by Gasteiger charge is 2.00. The molecular weight excluding hydrogens is 154 g/mol. The van der Waals surface area contributed by atoms with E-state index in [0.29, 0.717) is 18.9 Å². The number of aromatic hydroxyl groups is 1. The minimum Gasteiger partial charge on any atom is -0.507 e. The van der Waals surface area contributed by atoms with Gasteiger partial charge in [0.05, 0.1) is 6.61 Å². The van der Waals surface area contributed by atoms with Gasteiger partial charge in [-0.05, 0) is 13.0 Å². The fourth-order valence-electron chi connectivity index (χ4n) is 0.973. The van der Waals surface area contributed by atoms with Crippen LogP contribution in [0.3, 0.4) is 0 Å². The smallest absolute Gasteiger partial charge is 0.123 e. The summed E-state index contributed by atoms with van der Waals surface area (Å²) in [5.41, 5.74) is 6.11. The van der Waals surface area contributed by atoms with Crippen LogP contribution in [0.1, 0.15) is 12.5 Å². The molecule has 1 aromatic rings. The lowest BCUT2D eigenvalue weighted by Gasteiger charge is -2.05. The van der Waals surface area contributed by atoms with E-state index in [9.17, 15) is 5.11 Å². The van der Waals surface area contributed by atoms with E-state index >= 15 is 0 Å². The fraction of sp³-hybridized carbons (Fsp3) is 0.333. The summed E-state index contributed by atoms with van der Waals surface area (Å²) in [6, 6.07) is 5.14. The first-order valence-electron chi connectivity index (χ1n) is 3.92. The van der Waals surface area contributed by atoms with Crippen LogP contribution in [0.15, 0.2) is 18.2 Å². The summed E-state index contributed by atoms with van der Waals surface area (Å²) < 4.78 is 5.19. The topological polar surface area (TPSA) is 55.5 Å². The van der Waals surface area contributed by atoms with Crippen molar-refractivity contribution in [1.82, 2.24) is 0 Å². The molecule has 3 nitrogen and oxygen atoms in total. The molecule has 0 aliphatic carbocycles. The highest BCUT2D eigenvalue weighted by atomic mass is 16.5. The van der Waals surface area contributed by atoms with E-state index in [1.807, 2.05) is 6.92 Å². The first-order valence-corrected chi connectivity index (χ1v) is 3.92. The van der Waals surface area contributed by atoms with Gasteiger partial charge in [0.25, 0.3) is 0 Å². The average molecular weight is 167 g/mol. The summed E-state index contributed by atoms with van der Waals surface area (Å²) in [7, 11) is 0. The lowest BCUT2D eigenvalue weighted by Crippen LogP contribution is -1.97. The van der Waals surface area contributed by atoms with Crippen LogP contribution in [-0.2, 0) is 6.54 Å². The van der Waals surface area contributed by atoms with Crippen molar-refractivity contribution in [3.05, 3.63) is 23.8 Å². The molecule has 0 aromatic heterocycles. The SMILES string of the molecule is CCOc1ccc(CN)c(O)c1. The number of ether oxygens (including phenoxy) is 1. The molecule has 66 valence electrons. The molecule has 0 radical (unpaired) electrons. The van der Waals surface area contributed by atoms with Gasteiger partial charge in [-0.2, -0.15) is 0 Å². The number of phenols is 1. The molecule has 12 heavy (non-hydrogen) atoms. The highest BCUT2D eigenvalue weighted by molar-refractivity contribution is 5.39. The number of nitrogens with two attached hydrogens (primary N) is 1. The van der Waals surface area contributed by atoms with E-state index in [1.165, 1.54) is 0 Å². The second kappa shape index (κ2) is 3.97. The zero-order chi connectivity index (χ0) is 8.97. The first-order chi connectivity index (χ1) is 5.77. The molecule has 0 fully saturated rings. The Labute approximate surface area is 71.8 Å². The minimum atomic E-state index is 0.198. The number of phenolic OH excluding ortho intramolecular Hbond substituents is 1. The summed E-state index contributed by atoms with van der Waals surface area (Å²) in [4.78, 5) is 0. The third-order valence-corrected chi connectivity index (χ3v) is 1.59. The Balaban J connectivity index is 2.86. The predicted molar refractivity (Wildman–Crippen MR) is 47.2 cm³/mol. The van der Waals surface area contributed by atoms with Crippen LogP contribution in [-0.4, -0.2) is 11.7 Å². The van der Waals surface area contributed by atoms with Crippen LogP contribution in [0.25, 0.3) is 0 Å². The van der Waals surface area contributed by atoms with E-state index in [-0.39, 0.29) is 5.75 Å². The van der Waals surface area contributed by atoms with Gasteiger partial charge in [-0.15, -0.1) is 0 Å². The number of hydrogen-bond donors (Lipinski definition) is 2. The van der Waals surface area contributed by atoms with Crippen LogP contribution in [0.4, 0.5) is 0 Å². The van der Waals surface area contributed by atoms with Crippen LogP contribution < -0.4 is 10.5 Å². The molecule has 0 saturated heterocycles. The Hall–Kier alpha value is -1.22. The Morgan fingerprint density at radius 2 is 2.25 bits per heavy atom. The van der Waals surface area contributed by atoms with Gasteiger partial charge in [0, 0.05) is 18.2 Å². The normalized spacial score (nSPS) is 9.83. The van der Waals surface area contributed by atoms with Crippen molar-refractivity contribution in [1.29, 1.82) is 0 Å². The molecule has 0 heterocycles. The molecule has 0 unspecified atom stereocenters. The second-order valence-electron chi connectivity index (χ2n) is 2.43. The molecule has 0 bridgehead atoms. The zero-order valence-corrected chi connectivity index (χ0v) is 7.08. The minimum absolute atomic E-state index is 0.198. The van der Waals surface area contributed by atoms with Crippen LogP contribution in [0.2, 0.25) is 0 Å². The summed E-state index contributed by atoms with van der Waals surface area (Å²) >= 11 is 0. The van der Waals surface area contributed by atoms with Gasteiger partial charge < -0.3 is 15.6 Å². The van der Waals surface area contributed by atoms with Gasteiger partial charge in [-0.3, -0.25) is 0 Å². The molecule has 0 aliphatic heterocycles. The van der Waals surface area contributed by atoms with Crippen molar-refractivity contribution in [2.45, 2.75) is 13.5 Å². The Bertz CT molecular complexity index is 261. The summed E-state index contributed by atoms with van der Waals surface area (Å²) in [5.74, 6) is 0.871. The van der Waals surface area contributed by atoms with Gasteiger partial charge in [0.1, 0.15) is 11.5 Å². The van der Waals surface area contributed by atoms with Gasteiger partial charge in [-0.1, -0.05) is 6.07 Å². The largest absolute Gasteiger partial charge is 0.507 e. The summed E-state index contributed by atoms with van der Waals surface area (Å²) in [5, 5.41) is 9.36. The molecular formula is C9H13NO2. The van der Waals surface area contributed by atoms with Crippen molar-refractivity contribution in [3.63, 3.8) is 0 Å². The number of hydrogen-bond acceptors (Lipinski definition) is 3. The summed E-state index contributed by atoms with van der Waals surface area (Å²) in [6.07, 6.45) is 0. The molecule has 1 rings (SSSR count). The maximum absolute atomic E-state index is 9.36. The second-order valence-corrected chi connectivity index (χ2v) is 2.43. The van der Waals surface area contributed by atoms with Crippen molar-refractivity contribution < 1.29 is 9.84 Å². The molecule has 3 N–H and O–H groups in total. The van der Waals surface area contributed by atoms with Crippen molar-refractivity contribution in [2.75, 3.05) is 6.61 Å². The predicted octanol–water partition coefficient (Wildman–Crippen LogP) is 1.25. The Kier molecular flexibility index (Phi) is 2.94. The third-order valence-electron chi connectivity index (χ3n) is 1.59. The van der Waals surface area contributed by atoms with Crippen molar-refractivity contribution in [3.8, 4) is 11.5 Å². The highest BCUT2D eigenvalue weighted by Crippen LogP contribution is 2.22. The van der Waals surface area contributed by atoms with Crippen molar-refractivity contribution >= 4 is 0 Å². The van der Waals surface area contributed by atoms with Crippen molar-refractivity contribution in [2.24, 2.45) is 5.73 Å². The molecule has 0 amide bonds. The molecule has 3 heteroatoms. The molecule has 0 atom stereocenters. The van der Waals surface area contributed by atoms with Crippen LogP contribution >= 0.6 is 0 Å². The van der Waals surface area contributed by atoms with Crippen LogP contribution in [0.5, 0.6) is 11.5 Å². The standard InChI is InChI=1S/C9H13NO2/c1-2-12-8-4-3-7(6-10)9(11)5-8/h3-5,11H,2,6,10H2,1H3. The molecule has 1 aromatic carbocycles. The van der Waals surface area contributed by atoms with E-state index in [2.05, 4.69) is 0 Å². The lowest BCUT2D eigenvalue weighted by molar-refractivity contribution is 0.337. The van der Waals surface area contributed by atoms with E-state index in [1.54, 1.807) is 18.2 Å². The summed E-state index contributed by atoms with van der Waals surface area (Å²) in [6.45, 7) is 2.84. The lowest BCUT2D eigenvalue weighted by atomic mass is 10.2. The number of rotatable bonds is 3. The monoisotopic (exact) mass is 167 g/mol. The third kappa shape index (κ3) is 1.89. The van der Waals surface area contributed by atoms with Crippen LogP contribution in [0, 0.1) is 0 Å². The average Bonchev–Trinajstić information content (AvgIpc) is 2.05. The van der Waals surface area contributed by atoms with Gasteiger partial charge in [-0.25, -0.2) is 0 Å². The fourth-order valence-corrected chi connectivity index (χ4v) is 0.973. The zero-order valence-electron chi connectivity index (χ0n) is 7.08. The van der Waals surface area contributed by atoms with Gasteiger partial charge >= 0.3 is 0 Å². The Morgan fingerprint density at radius 3 is 2.75 bits per heavy atom. The van der Waals surface area contributed by atoms with E-state index < -0.39 is 0 Å². The molecule has 0 spiro atoms.